The van der Waals surface area contributed by atoms with Crippen LogP contribution in [0.3, 0.4) is 0 Å². The van der Waals surface area contributed by atoms with Gasteiger partial charge in [0.2, 0.25) is 0 Å². The number of aromatic nitrogens is 2. The summed E-state index contributed by atoms with van der Waals surface area (Å²) in [5.41, 5.74) is 0.0541. The van der Waals surface area contributed by atoms with E-state index in [-0.39, 0.29) is 22.8 Å². The molecule has 0 radical (unpaired) electrons. The Labute approximate surface area is 137 Å². The first-order valence-corrected chi connectivity index (χ1v) is 6.85. The SMILES string of the molecule is Fc1ccc(Oc2cccc(OC(F)(F)F)c2-c2ccn[nH]2)c(F)c1. The number of hydrogen-bond acceptors (Lipinski definition) is 3. The Balaban J connectivity index is 2.08. The maximum atomic E-state index is 13.8. The Morgan fingerprint density at radius 1 is 0.920 bits per heavy atom. The standard InChI is InChI=1S/C16H9F5N2O2/c17-9-4-5-12(10(18)8-9)24-13-2-1-3-14(25-16(19,20)21)15(13)11-6-7-22-23-11/h1-8H,(H,22,23). The van der Waals surface area contributed by atoms with E-state index in [4.69, 9.17) is 4.74 Å². The highest BCUT2D eigenvalue weighted by molar-refractivity contribution is 5.74. The lowest BCUT2D eigenvalue weighted by Crippen LogP contribution is -2.17. The van der Waals surface area contributed by atoms with Crippen LogP contribution in [0.2, 0.25) is 0 Å². The third-order valence-corrected chi connectivity index (χ3v) is 3.10. The Hall–Kier alpha value is -3.10. The molecule has 2 aromatic carbocycles. The van der Waals surface area contributed by atoms with Crippen LogP contribution in [0.1, 0.15) is 0 Å². The summed E-state index contributed by atoms with van der Waals surface area (Å²) in [5, 5.41) is 6.17. The van der Waals surface area contributed by atoms with Gasteiger partial charge in [-0.1, -0.05) is 6.07 Å². The highest BCUT2D eigenvalue weighted by Crippen LogP contribution is 2.41. The molecule has 9 heteroatoms. The van der Waals surface area contributed by atoms with Crippen molar-refractivity contribution in [3.05, 3.63) is 60.3 Å². The molecule has 130 valence electrons. The summed E-state index contributed by atoms with van der Waals surface area (Å²) >= 11 is 0. The predicted octanol–water partition coefficient (Wildman–Crippen LogP) is 5.05. The lowest BCUT2D eigenvalue weighted by Gasteiger charge is -2.16. The molecule has 0 atom stereocenters. The molecule has 0 spiro atoms. The Bertz CT molecular complexity index is 879. The van der Waals surface area contributed by atoms with Crippen LogP contribution >= 0.6 is 0 Å². The van der Waals surface area contributed by atoms with Gasteiger partial charge < -0.3 is 9.47 Å². The van der Waals surface area contributed by atoms with E-state index < -0.39 is 23.7 Å². The van der Waals surface area contributed by atoms with E-state index in [1.165, 1.54) is 24.4 Å². The summed E-state index contributed by atoms with van der Waals surface area (Å²) in [6.07, 6.45) is -3.61. The molecule has 0 unspecified atom stereocenters. The minimum Gasteiger partial charge on any atom is -0.453 e. The molecule has 4 nitrogen and oxygen atoms in total. The van der Waals surface area contributed by atoms with E-state index in [0.717, 1.165) is 18.2 Å². The summed E-state index contributed by atoms with van der Waals surface area (Å²) in [4.78, 5) is 0. The number of hydrogen-bond donors (Lipinski definition) is 1. The first-order valence-electron chi connectivity index (χ1n) is 6.85. The van der Waals surface area contributed by atoms with Gasteiger partial charge in [-0.05, 0) is 30.3 Å². The summed E-state index contributed by atoms with van der Waals surface area (Å²) in [6, 6.07) is 7.63. The highest BCUT2D eigenvalue weighted by atomic mass is 19.4. The van der Waals surface area contributed by atoms with Gasteiger partial charge in [0, 0.05) is 12.3 Å². The zero-order chi connectivity index (χ0) is 18.0. The van der Waals surface area contributed by atoms with Gasteiger partial charge in [0.1, 0.15) is 17.3 Å². The van der Waals surface area contributed by atoms with Crippen molar-refractivity contribution in [1.29, 1.82) is 0 Å². The number of alkyl halides is 3. The number of ether oxygens (including phenoxy) is 2. The number of H-pyrrole nitrogens is 1. The topological polar surface area (TPSA) is 47.1 Å². The number of halogens is 5. The molecule has 1 N–H and O–H groups in total. The number of aromatic amines is 1. The van der Waals surface area contributed by atoms with Crippen molar-refractivity contribution < 1.29 is 31.4 Å². The van der Waals surface area contributed by atoms with Crippen molar-refractivity contribution in [3.8, 4) is 28.5 Å². The second-order valence-electron chi connectivity index (χ2n) is 4.82. The second-order valence-corrected chi connectivity index (χ2v) is 4.82. The van der Waals surface area contributed by atoms with Crippen LogP contribution in [0.4, 0.5) is 22.0 Å². The van der Waals surface area contributed by atoms with Gasteiger partial charge in [-0.2, -0.15) is 5.10 Å². The monoisotopic (exact) mass is 356 g/mol. The molecule has 0 aliphatic heterocycles. The highest BCUT2D eigenvalue weighted by Gasteiger charge is 2.33. The van der Waals surface area contributed by atoms with Gasteiger partial charge >= 0.3 is 6.36 Å². The number of nitrogens with one attached hydrogen (secondary N) is 1. The fourth-order valence-electron chi connectivity index (χ4n) is 2.14. The molecule has 1 aromatic heterocycles. The summed E-state index contributed by atoms with van der Waals surface area (Å²) in [6.45, 7) is 0. The van der Waals surface area contributed by atoms with E-state index in [2.05, 4.69) is 14.9 Å². The maximum absolute atomic E-state index is 13.8. The Morgan fingerprint density at radius 2 is 1.68 bits per heavy atom. The van der Waals surface area contributed by atoms with Crippen LogP contribution in [0, 0.1) is 11.6 Å². The third kappa shape index (κ3) is 3.87. The zero-order valence-corrected chi connectivity index (χ0v) is 12.3. The average molecular weight is 356 g/mol. The van der Waals surface area contributed by atoms with E-state index in [0.29, 0.717) is 6.07 Å². The zero-order valence-electron chi connectivity index (χ0n) is 12.3. The number of rotatable bonds is 4. The van der Waals surface area contributed by atoms with Crippen molar-refractivity contribution in [2.45, 2.75) is 6.36 Å². The van der Waals surface area contributed by atoms with Crippen LogP contribution in [0.25, 0.3) is 11.3 Å². The Kier molecular flexibility index (Phi) is 4.30. The fraction of sp³-hybridized carbons (Fsp3) is 0.0625. The van der Waals surface area contributed by atoms with Crippen molar-refractivity contribution in [1.82, 2.24) is 10.2 Å². The van der Waals surface area contributed by atoms with Gasteiger partial charge in [0.05, 0.1) is 11.3 Å². The molecule has 0 aliphatic carbocycles. The minimum absolute atomic E-state index is 0.110. The van der Waals surface area contributed by atoms with Gasteiger partial charge in [0.15, 0.2) is 11.6 Å². The first-order chi connectivity index (χ1) is 11.8. The molecular formula is C16H9F5N2O2. The van der Waals surface area contributed by atoms with E-state index in [1.54, 1.807) is 0 Å². The maximum Gasteiger partial charge on any atom is 0.573 e. The quantitative estimate of drug-likeness (QED) is 0.666. The van der Waals surface area contributed by atoms with Gasteiger partial charge in [-0.3, -0.25) is 5.10 Å². The molecule has 1 heterocycles. The first kappa shape index (κ1) is 16.7. The average Bonchev–Trinajstić information content (AvgIpc) is 3.02. The fourth-order valence-corrected chi connectivity index (χ4v) is 2.14. The molecule has 25 heavy (non-hydrogen) atoms. The van der Waals surface area contributed by atoms with E-state index in [1.807, 2.05) is 0 Å². The molecule has 0 saturated carbocycles. The third-order valence-electron chi connectivity index (χ3n) is 3.10. The summed E-state index contributed by atoms with van der Waals surface area (Å²) in [5.74, 6) is -2.86. The van der Waals surface area contributed by atoms with Gasteiger partial charge in [-0.25, -0.2) is 8.78 Å². The van der Waals surface area contributed by atoms with Crippen molar-refractivity contribution in [3.63, 3.8) is 0 Å². The molecule has 0 bridgehead atoms. The molecule has 0 saturated heterocycles. The van der Waals surface area contributed by atoms with Crippen LogP contribution in [0.15, 0.2) is 48.7 Å². The molecular weight excluding hydrogens is 347 g/mol. The largest absolute Gasteiger partial charge is 0.573 e. The second kappa shape index (κ2) is 6.42. The molecule has 0 aliphatic rings. The molecule has 3 rings (SSSR count). The molecule has 0 amide bonds. The normalized spacial score (nSPS) is 11.4. The number of benzene rings is 2. The lowest BCUT2D eigenvalue weighted by molar-refractivity contribution is -0.274. The molecule has 0 fully saturated rings. The summed E-state index contributed by atoms with van der Waals surface area (Å²) in [7, 11) is 0. The van der Waals surface area contributed by atoms with Crippen molar-refractivity contribution >= 4 is 0 Å². The minimum atomic E-state index is -4.94. The lowest BCUT2D eigenvalue weighted by atomic mass is 10.1. The van der Waals surface area contributed by atoms with Gasteiger partial charge in [0.25, 0.3) is 0 Å². The summed E-state index contributed by atoms with van der Waals surface area (Å²) < 4.78 is 74.0. The van der Waals surface area contributed by atoms with Crippen LogP contribution in [-0.2, 0) is 0 Å². The predicted molar refractivity (Wildman–Crippen MR) is 77.1 cm³/mol. The van der Waals surface area contributed by atoms with Crippen LogP contribution in [-0.4, -0.2) is 16.6 Å². The smallest absolute Gasteiger partial charge is 0.453 e. The Morgan fingerprint density at radius 3 is 2.32 bits per heavy atom. The van der Waals surface area contributed by atoms with Crippen molar-refractivity contribution in [2.75, 3.05) is 0 Å². The number of nitrogens with zero attached hydrogens (tertiary/aromatic N) is 1. The van der Waals surface area contributed by atoms with Crippen molar-refractivity contribution in [2.24, 2.45) is 0 Å². The van der Waals surface area contributed by atoms with Gasteiger partial charge in [-0.15, -0.1) is 13.2 Å². The van der Waals surface area contributed by atoms with Crippen LogP contribution in [0.5, 0.6) is 17.2 Å². The van der Waals surface area contributed by atoms with E-state index >= 15 is 0 Å². The molecule has 3 aromatic rings. The van der Waals surface area contributed by atoms with Crippen LogP contribution < -0.4 is 9.47 Å². The van der Waals surface area contributed by atoms with E-state index in [9.17, 15) is 22.0 Å².